The standard InChI is InChI=1S/C15H16O2/c16-11-14-9-5-4-8-13(14)10-15(17)12-6-2-1-3-7-12/h1-9,15-17H,10-11H2/t15-/m1/s1. The molecule has 1 atom stereocenters. The second kappa shape index (κ2) is 5.62. The molecule has 2 aromatic carbocycles. The molecular formula is C15H16O2. The normalized spacial score (nSPS) is 12.4. The Kier molecular flexibility index (Phi) is 3.91. The van der Waals surface area contributed by atoms with Crippen molar-refractivity contribution >= 4 is 0 Å². The van der Waals surface area contributed by atoms with Crippen molar-refractivity contribution in [3.05, 3.63) is 71.3 Å². The largest absolute Gasteiger partial charge is 0.392 e. The highest BCUT2D eigenvalue weighted by Gasteiger charge is 2.10. The van der Waals surface area contributed by atoms with Crippen LogP contribution >= 0.6 is 0 Å². The number of aliphatic hydroxyl groups excluding tert-OH is 2. The zero-order valence-electron chi connectivity index (χ0n) is 9.58. The molecule has 88 valence electrons. The smallest absolute Gasteiger partial charge is 0.0830 e. The first-order valence-electron chi connectivity index (χ1n) is 5.72. The number of aliphatic hydroxyl groups is 2. The van der Waals surface area contributed by atoms with Crippen LogP contribution in [0, 0.1) is 0 Å². The van der Waals surface area contributed by atoms with Crippen molar-refractivity contribution in [2.45, 2.75) is 19.1 Å². The van der Waals surface area contributed by atoms with Crippen LogP contribution in [-0.4, -0.2) is 10.2 Å². The summed E-state index contributed by atoms with van der Waals surface area (Å²) in [7, 11) is 0. The van der Waals surface area contributed by atoms with Gasteiger partial charge in [-0.1, -0.05) is 54.6 Å². The Morgan fingerprint density at radius 1 is 0.824 bits per heavy atom. The van der Waals surface area contributed by atoms with Crippen molar-refractivity contribution in [1.29, 1.82) is 0 Å². The van der Waals surface area contributed by atoms with Crippen molar-refractivity contribution in [3.8, 4) is 0 Å². The van der Waals surface area contributed by atoms with Gasteiger partial charge in [0, 0.05) is 6.42 Å². The molecule has 2 aromatic rings. The van der Waals surface area contributed by atoms with Crippen LogP contribution in [0.2, 0.25) is 0 Å². The lowest BCUT2D eigenvalue weighted by atomic mass is 9.98. The van der Waals surface area contributed by atoms with E-state index in [4.69, 9.17) is 0 Å². The van der Waals surface area contributed by atoms with Crippen molar-refractivity contribution in [2.24, 2.45) is 0 Å². The van der Waals surface area contributed by atoms with Crippen LogP contribution in [0.1, 0.15) is 22.8 Å². The molecule has 0 amide bonds. The number of hydrogen-bond donors (Lipinski definition) is 2. The Labute approximate surface area is 101 Å². The molecule has 0 aliphatic carbocycles. The van der Waals surface area contributed by atoms with Crippen LogP contribution in [-0.2, 0) is 13.0 Å². The molecule has 0 unspecified atom stereocenters. The third-order valence-corrected chi connectivity index (χ3v) is 2.89. The first kappa shape index (κ1) is 11.8. The highest BCUT2D eigenvalue weighted by atomic mass is 16.3. The molecule has 2 nitrogen and oxygen atoms in total. The summed E-state index contributed by atoms with van der Waals surface area (Å²) in [5.41, 5.74) is 2.77. The van der Waals surface area contributed by atoms with Crippen LogP contribution in [0.4, 0.5) is 0 Å². The number of rotatable bonds is 4. The van der Waals surface area contributed by atoms with Crippen molar-refractivity contribution in [2.75, 3.05) is 0 Å². The maximum atomic E-state index is 10.1. The molecule has 0 aromatic heterocycles. The van der Waals surface area contributed by atoms with E-state index in [9.17, 15) is 10.2 Å². The third-order valence-electron chi connectivity index (χ3n) is 2.89. The van der Waals surface area contributed by atoms with Gasteiger partial charge in [-0.3, -0.25) is 0 Å². The van der Waals surface area contributed by atoms with Crippen molar-refractivity contribution in [3.63, 3.8) is 0 Å². The Morgan fingerprint density at radius 3 is 2.06 bits per heavy atom. The second-order valence-electron chi connectivity index (χ2n) is 4.06. The van der Waals surface area contributed by atoms with E-state index >= 15 is 0 Å². The quantitative estimate of drug-likeness (QED) is 0.844. The van der Waals surface area contributed by atoms with Gasteiger partial charge in [0.2, 0.25) is 0 Å². The summed E-state index contributed by atoms with van der Waals surface area (Å²) >= 11 is 0. The molecule has 17 heavy (non-hydrogen) atoms. The summed E-state index contributed by atoms with van der Waals surface area (Å²) in [6.45, 7) is 0.0116. The van der Waals surface area contributed by atoms with E-state index in [1.54, 1.807) is 0 Å². The van der Waals surface area contributed by atoms with E-state index in [0.717, 1.165) is 16.7 Å². The second-order valence-corrected chi connectivity index (χ2v) is 4.06. The maximum absolute atomic E-state index is 10.1. The molecule has 0 heterocycles. The van der Waals surface area contributed by atoms with E-state index in [1.807, 2.05) is 54.6 Å². The molecule has 0 bridgehead atoms. The zero-order valence-corrected chi connectivity index (χ0v) is 9.58. The van der Waals surface area contributed by atoms with Gasteiger partial charge in [0.15, 0.2) is 0 Å². The van der Waals surface area contributed by atoms with Crippen molar-refractivity contribution < 1.29 is 10.2 Å². The lowest BCUT2D eigenvalue weighted by Gasteiger charge is -2.13. The van der Waals surface area contributed by atoms with E-state index in [0.29, 0.717) is 6.42 Å². The summed E-state index contributed by atoms with van der Waals surface area (Å²) < 4.78 is 0. The average molecular weight is 228 g/mol. The SMILES string of the molecule is OCc1ccccc1C[C@@H](O)c1ccccc1. The molecule has 0 saturated heterocycles. The summed E-state index contributed by atoms with van der Waals surface area (Å²) in [4.78, 5) is 0. The maximum Gasteiger partial charge on any atom is 0.0830 e. The van der Waals surface area contributed by atoms with Gasteiger partial charge in [0.05, 0.1) is 12.7 Å². The topological polar surface area (TPSA) is 40.5 Å². The van der Waals surface area contributed by atoms with Gasteiger partial charge >= 0.3 is 0 Å². The van der Waals surface area contributed by atoms with E-state index in [1.165, 1.54) is 0 Å². The molecule has 0 fully saturated rings. The minimum Gasteiger partial charge on any atom is -0.392 e. The van der Waals surface area contributed by atoms with Crippen LogP contribution in [0.25, 0.3) is 0 Å². The minimum absolute atomic E-state index is 0.0116. The third kappa shape index (κ3) is 2.93. The monoisotopic (exact) mass is 228 g/mol. The van der Waals surface area contributed by atoms with E-state index in [2.05, 4.69) is 0 Å². The Bertz CT molecular complexity index is 465. The first-order valence-corrected chi connectivity index (χ1v) is 5.72. The van der Waals surface area contributed by atoms with Crippen molar-refractivity contribution in [1.82, 2.24) is 0 Å². The van der Waals surface area contributed by atoms with E-state index in [-0.39, 0.29) is 6.61 Å². The fourth-order valence-electron chi connectivity index (χ4n) is 1.91. The number of hydrogen-bond acceptors (Lipinski definition) is 2. The Hall–Kier alpha value is -1.64. The Morgan fingerprint density at radius 2 is 1.41 bits per heavy atom. The molecular weight excluding hydrogens is 212 g/mol. The molecule has 2 heteroatoms. The predicted molar refractivity (Wildman–Crippen MR) is 67.5 cm³/mol. The highest BCUT2D eigenvalue weighted by molar-refractivity contribution is 5.29. The molecule has 0 saturated carbocycles. The van der Waals surface area contributed by atoms with Gasteiger partial charge in [0.25, 0.3) is 0 Å². The minimum atomic E-state index is -0.524. The van der Waals surface area contributed by atoms with Gasteiger partial charge in [-0.15, -0.1) is 0 Å². The molecule has 0 aliphatic rings. The van der Waals surface area contributed by atoms with Gasteiger partial charge in [0.1, 0.15) is 0 Å². The highest BCUT2D eigenvalue weighted by Crippen LogP contribution is 2.20. The fourth-order valence-corrected chi connectivity index (χ4v) is 1.91. The van der Waals surface area contributed by atoms with Gasteiger partial charge in [-0.2, -0.15) is 0 Å². The lowest BCUT2D eigenvalue weighted by molar-refractivity contribution is 0.177. The van der Waals surface area contributed by atoms with Gasteiger partial charge in [-0.05, 0) is 16.7 Å². The summed E-state index contributed by atoms with van der Waals surface area (Å²) in [5.74, 6) is 0. The average Bonchev–Trinajstić information content (AvgIpc) is 2.40. The summed E-state index contributed by atoms with van der Waals surface area (Å²) in [6.07, 6.45) is 0.00435. The predicted octanol–water partition coefficient (Wildman–Crippen LogP) is 2.46. The van der Waals surface area contributed by atoms with Gasteiger partial charge in [-0.25, -0.2) is 0 Å². The molecule has 0 radical (unpaired) electrons. The van der Waals surface area contributed by atoms with E-state index < -0.39 is 6.10 Å². The van der Waals surface area contributed by atoms with Crippen LogP contribution in [0.5, 0.6) is 0 Å². The zero-order chi connectivity index (χ0) is 12.1. The van der Waals surface area contributed by atoms with Crippen LogP contribution in [0.3, 0.4) is 0 Å². The van der Waals surface area contributed by atoms with Crippen LogP contribution in [0.15, 0.2) is 54.6 Å². The molecule has 0 spiro atoms. The molecule has 2 N–H and O–H groups in total. The summed E-state index contributed by atoms with van der Waals surface area (Å²) in [5, 5.41) is 19.3. The summed E-state index contributed by atoms with van der Waals surface area (Å²) in [6, 6.07) is 17.2. The Balaban J connectivity index is 2.16. The molecule has 2 rings (SSSR count). The molecule has 0 aliphatic heterocycles. The first-order chi connectivity index (χ1) is 8.31. The van der Waals surface area contributed by atoms with Gasteiger partial charge < -0.3 is 10.2 Å². The number of benzene rings is 2. The fraction of sp³-hybridized carbons (Fsp3) is 0.200. The van der Waals surface area contributed by atoms with Crippen LogP contribution < -0.4 is 0 Å². The lowest BCUT2D eigenvalue weighted by Crippen LogP contribution is -2.04.